The number of fused-ring (bicyclic) bond motifs is 1. The molecule has 4 nitrogen and oxygen atoms in total. The highest BCUT2D eigenvalue weighted by Crippen LogP contribution is 2.27. The average molecular weight is 259 g/mol. The number of nitrogens with two attached hydrogens (primary N) is 1. The molecule has 0 aliphatic carbocycles. The van der Waals surface area contributed by atoms with Crippen LogP contribution >= 0.6 is 0 Å². The SMILES string of the molecule is NC(=O)[C@@H]1C[C@@H](F)CN1c1ccc2ccccc2n1. The van der Waals surface area contributed by atoms with Crippen molar-refractivity contribution in [3.63, 3.8) is 0 Å². The Balaban J connectivity index is 2.01. The molecule has 1 aliphatic heterocycles. The number of halogens is 1. The van der Waals surface area contributed by atoms with Crippen molar-refractivity contribution in [3.05, 3.63) is 36.4 Å². The van der Waals surface area contributed by atoms with Gasteiger partial charge in [0.15, 0.2) is 0 Å². The molecule has 1 aromatic heterocycles. The number of aromatic nitrogens is 1. The van der Waals surface area contributed by atoms with Gasteiger partial charge >= 0.3 is 0 Å². The van der Waals surface area contributed by atoms with E-state index in [0.717, 1.165) is 10.9 Å². The second kappa shape index (κ2) is 4.50. The summed E-state index contributed by atoms with van der Waals surface area (Å²) in [5, 5.41) is 1.01. The first-order chi connectivity index (χ1) is 9.15. The molecule has 5 heteroatoms. The van der Waals surface area contributed by atoms with Crippen molar-refractivity contribution in [2.45, 2.75) is 18.6 Å². The third-order valence-electron chi connectivity index (χ3n) is 3.46. The van der Waals surface area contributed by atoms with Crippen molar-refractivity contribution in [3.8, 4) is 0 Å². The summed E-state index contributed by atoms with van der Waals surface area (Å²) in [5.41, 5.74) is 6.15. The summed E-state index contributed by atoms with van der Waals surface area (Å²) in [6.45, 7) is 0.166. The Bertz CT molecular complexity index is 631. The Labute approximate surface area is 110 Å². The molecule has 0 unspecified atom stereocenters. The molecule has 1 fully saturated rings. The summed E-state index contributed by atoms with van der Waals surface area (Å²) in [6.07, 6.45) is -0.894. The molecule has 0 radical (unpaired) electrons. The van der Waals surface area contributed by atoms with E-state index in [4.69, 9.17) is 5.73 Å². The lowest BCUT2D eigenvalue weighted by Gasteiger charge is -2.23. The standard InChI is InChI=1S/C14H14FN3O/c15-10-7-12(14(16)19)18(8-10)13-6-5-9-3-1-2-4-11(9)17-13/h1-6,10,12H,7-8H2,(H2,16,19)/t10-,12+/m1/s1. The van der Waals surface area contributed by atoms with E-state index in [1.165, 1.54) is 0 Å². The summed E-state index contributed by atoms with van der Waals surface area (Å²) in [5.74, 6) is 0.0951. The number of hydrogen-bond acceptors (Lipinski definition) is 3. The van der Waals surface area contributed by atoms with Crippen LogP contribution in [-0.4, -0.2) is 29.6 Å². The van der Waals surface area contributed by atoms with Crippen LogP contribution in [-0.2, 0) is 4.79 Å². The van der Waals surface area contributed by atoms with Crippen LogP contribution in [0.2, 0.25) is 0 Å². The molecule has 98 valence electrons. The molecule has 1 amide bonds. The van der Waals surface area contributed by atoms with Crippen molar-refractivity contribution >= 4 is 22.6 Å². The Kier molecular flexibility index (Phi) is 2.81. The Morgan fingerprint density at radius 1 is 1.32 bits per heavy atom. The lowest BCUT2D eigenvalue weighted by atomic mass is 10.2. The van der Waals surface area contributed by atoms with E-state index in [1.807, 2.05) is 30.3 Å². The molecule has 0 saturated carbocycles. The number of pyridine rings is 1. The van der Waals surface area contributed by atoms with Crippen LogP contribution in [0.1, 0.15) is 6.42 Å². The molecule has 2 aromatic rings. The van der Waals surface area contributed by atoms with Gasteiger partial charge in [0.2, 0.25) is 5.91 Å². The van der Waals surface area contributed by atoms with Gasteiger partial charge in [-0.25, -0.2) is 9.37 Å². The Morgan fingerprint density at radius 3 is 2.89 bits per heavy atom. The first-order valence-corrected chi connectivity index (χ1v) is 6.21. The molecule has 0 bridgehead atoms. The van der Waals surface area contributed by atoms with Gasteiger partial charge < -0.3 is 10.6 Å². The molecular weight excluding hydrogens is 245 g/mol. The lowest BCUT2D eigenvalue weighted by Crippen LogP contribution is -2.40. The van der Waals surface area contributed by atoms with Gasteiger partial charge in [-0.3, -0.25) is 4.79 Å². The van der Waals surface area contributed by atoms with Crippen LogP contribution in [0.25, 0.3) is 10.9 Å². The average Bonchev–Trinajstić information content (AvgIpc) is 2.80. The number of carbonyl (C=O) groups excluding carboxylic acids is 1. The van der Waals surface area contributed by atoms with E-state index >= 15 is 0 Å². The molecule has 1 saturated heterocycles. The van der Waals surface area contributed by atoms with Crippen molar-refractivity contribution in [1.29, 1.82) is 0 Å². The number of alkyl halides is 1. The number of rotatable bonds is 2. The zero-order chi connectivity index (χ0) is 13.4. The number of amides is 1. The fraction of sp³-hybridized carbons (Fsp3) is 0.286. The van der Waals surface area contributed by atoms with Crippen LogP contribution < -0.4 is 10.6 Å². The normalized spacial score (nSPS) is 22.9. The van der Waals surface area contributed by atoms with Gasteiger partial charge in [-0.1, -0.05) is 18.2 Å². The van der Waals surface area contributed by atoms with E-state index in [9.17, 15) is 9.18 Å². The van der Waals surface area contributed by atoms with Gasteiger partial charge in [-0.2, -0.15) is 0 Å². The van der Waals surface area contributed by atoms with Crippen molar-refractivity contribution in [1.82, 2.24) is 4.98 Å². The number of hydrogen-bond donors (Lipinski definition) is 1. The molecule has 19 heavy (non-hydrogen) atoms. The van der Waals surface area contributed by atoms with E-state index in [1.54, 1.807) is 11.0 Å². The topological polar surface area (TPSA) is 59.2 Å². The monoisotopic (exact) mass is 259 g/mol. The predicted octanol–water partition coefficient (Wildman–Crippen LogP) is 1.64. The zero-order valence-corrected chi connectivity index (χ0v) is 10.3. The lowest BCUT2D eigenvalue weighted by molar-refractivity contribution is -0.119. The van der Waals surface area contributed by atoms with Gasteiger partial charge in [0.1, 0.15) is 18.0 Å². The van der Waals surface area contributed by atoms with E-state index < -0.39 is 18.1 Å². The third-order valence-corrected chi connectivity index (χ3v) is 3.46. The fourth-order valence-electron chi connectivity index (χ4n) is 2.52. The van der Waals surface area contributed by atoms with Gasteiger partial charge in [-0.05, 0) is 18.2 Å². The molecule has 1 aromatic carbocycles. The highest BCUT2D eigenvalue weighted by Gasteiger charge is 2.36. The number of carbonyl (C=O) groups is 1. The summed E-state index contributed by atoms with van der Waals surface area (Å²) >= 11 is 0. The molecule has 0 spiro atoms. The highest BCUT2D eigenvalue weighted by atomic mass is 19.1. The fourth-order valence-corrected chi connectivity index (χ4v) is 2.52. The first kappa shape index (κ1) is 11.9. The second-order valence-electron chi connectivity index (χ2n) is 4.77. The Hall–Kier alpha value is -2.17. The molecule has 1 aliphatic rings. The van der Waals surface area contributed by atoms with Crippen molar-refractivity contribution < 1.29 is 9.18 Å². The maximum Gasteiger partial charge on any atom is 0.240 e. The van der Waals surface area contributed by atoms with Gasteiger partial charge in [-0.15, -0.1) is 0 Å². The van der Waals surface area contributed by atoms with Crippen LogP contribution in [0.4, 0.5) is 10.2 Å². The maximum atomic E-state index is 13.5. The van der Waals surface area contributed by atoms with Crippen LogP contribution in [0.15, 0.2) is 36.4 Å². The number of nitrogens with zero attached hydrogens (tertiary/aromatic N) is 2. The van der Waals surface area contributed by atoms with Crippen LogP contribution in [0.3, 0.4) is 0 Å². The quantitative estimate of drug-likeness (QED) is 0.891. The number of benzene rings is 1. The number of para-hydroxylation sites is 1. The predicted molar refractivity (Wildman–Crippen MR) is 71.6 cm³/mol. The van der Waals surface area contributed by atoms with E-state index in [0.29, 0.717) is 5.82 Å². The second-order valence-corrected chi connectivity index (χ2v) is 4.77. The van der Waals surface area contributed by atoms with Crippen LogP contribution in [0, 0.1) is 0 Å². The summed E-state index contributed by atoms with van der Waals surface area (Å²) in [6, 6.07) is 10.8. The minimum Gasteiger partial charge on any atom is -0.368 e. The molecule has 2 heterocycles. The van der Waals surface area contributed by atoms with E-state index in [2.05, 4.69) is 4.98 Å². The minimum atomic E-state index is -1.04. The molecule has 3 rings (SSSR count). The van der Waals surface area contributed by atoms with Crippen molar-refractivity contribution in [2.75, 3.05) is 11.4 Å². The molecule has 2 atom stereocenters. The number of primary amides is 1. The highest BCUT2D eigenvalue weighted by molar-refractivity contribution is 5.85. The Morgan fingerprint density at radius 2 is 2.11 bits per heavy atom. The molecule has 2 N–H and O–H groups in total. The number of anilines is 1. The maximum absolute atomic E-state index is 13.5. The minimum absolute atomic E-state index is 0.143. The summed E-state index contributed by atoms with van der Waals surface area (Å²) in [7, 11) is 0. The third kappa shape index (κ3) is 2.12. The largest absolute Gasteiger partial charge is 0.368 e. The van der Waals surface area contributed by atoms with Crippen LogP contribution in [0.5, 0.6) is 0 Å². The zero-order valence-electron chi connectivity index (χ0n) is 10.3. The smallest absolute Gasteiger partial charge is 0.240 e. The van der Waals surface area contributed by atoms with Crippen molar-refractivity contribution in [2.24, 2.45) is 5.73 Å². The van der Waals surface area contributed by atoms with Gasteiger partial charge in [0.05, 0.1) is 12.1 Å². The van der Waals surface area contributed by atoms with Gasteiger partial charge in [0.25, 0.3) is 0 Å². The summed E-state index contributed by atoms with van der Waals surface area (Å²) < 4.78 is 13.5. The first-order valence-electron chi connectivity index (χ1n) is 6.21. The molecular formula is C14H14FN3O. The van der Waals surface area contributed by atoms with E-state index in [-0.39, 0.29) is 13.0 Å². The summed E-state index contributed by atoms with van der Waals surface area (Å²) in [4.78, 5) is 17.5. The van der Waals surface area contributed by atoms with Gasteiger partial charge in [0, 0.05) is 11.8 Å².